The molecule has 3 aliphatic rings. The number of aromatic nitrogens is 1. The van der Waals surface area contributed by atoms with E-state index in [1.807, 2.05) is 72.0 Å². The summed E-state index contributed by atoms with van der Waals surface area (Å²) in [5.41, 5.74) is 8.85. The number of rotatable bonds is 7. The molecule has 3 amide bonds. The van der Waals surface area contributed by atoms with E-state index in [1.165, 1.54) is 5.56 Å². The van der Waals surface area contributed by atoms with E-state index in [-0.39, 0.29) is 24.4 Å². The van der Waals surface area contributed by atoms with Crippen LogP contribution in [0.3, 0.4) is 0 Å². The fourth-order valence-corrected chi connectivity index (χ4v) is 8.30. The zero-order chi connectivity index (χ0) is 39.6. The number of fused-ring (bicyclic) bond motifs is 2. The van der Waals surface area contributed by atoms with Gasteiger partial charge in [-0.05, 0) is 90.6 Å². The first-order valence-electron chi connectivity index (χ1n) is 19.5. The highest BCUT2D eigenvalue weighted by atomic mass is 16.6. The Hall–Kier alpha value is -6.22. The number of nitriles is 1. The predicted molar refractivity (Wildman–Crippen MR) is 217 cm³/mol. The maximum atomic E-state index is 15.4. The molecule has 8 rings (SSSR count). The predicted octanol–water partition coefficient (Wildman–Crippen LogP) is 6.61. The van der Waals surface area contributed by atoms with Crippen molar-refractivity contribution in [1.29, 1.82) is 5.26 Å². The number of amides is 3. The number of para-hydroxylation sites is 1. The minimum atomic E-state index is -0.519. The molecule has 11 nitrogen and oxygen atoms in total. The van der Waals surface area contributed by atoms with Gasteiger partial charge < -0.3 is 28.7 Å². The minimum Gasteiger partial charge on any atom is -0.410 e. The zero-order valence-corrected chi connectivity index (χ0v) is 32.6. The first-order valence-corrected chi connectivity index (χ1v) is 19.5. The quantitative estimate of drug-likeness (QED) is 0.184. The van der Waals surface area contributed by atoms with Crippen molar-refractivity contribution in [2.75, 3.05) is 51.3 Å². The maximum absolute atomic E-state index is 15.4. The Kier molecular flexibility index (Phi) is 10.6. The molecular weight excluding hydrogens is 717 g/mol. The summed E-state index contributed by atoms with van der Waals surface area (Å²) < 4.78 is 13.4. The Bertz CT molecular complexity index is 2380. The van der Waals surface area contributed by atoms with Gasteiger partial charge in [0.2, 0.25) is 0 Å². The highest BCUT2D eigenvalue weighted by Crippen LogP contribution is 2.36. The molecule has 0 radical (unpaired) electrons. The molecule has 57 heavy (non-hydrogen) atoms. The van der Waals surface area contributed by atoms with E-state index in [0.29, 0.717) is 55.2 Å². The van der Waals surface area contributed by atoms with E-state index >= 15 is 4.79 Å². The van der Waals surface area contributed by atoms with Crippen molar-refractivity contribution in [2.45, 2.75) is 38.9 Å². The molecule has 5 aromatic rings. The molecule has 4 heterocycles. The van der Waals surface area contributed by atoms with Gasteiger partial charge in [0.15, 0.2) is 0 Å². The summed E-state index contributed by atoms with van der Waals surface area (Å²) in [6.45, 7) is 6.77. The lowest BCUT2D eigenvalue weighted by Crippen LogP contribution is -2.52. The lowest BCUT2D eigenvalue weighted by atomic mass is 9.89. The number of ether oxygens (including phenoxy) is 2. The highest BCUT2D eigenvalue weighted by Gasteiger charge is 2.35. The van der Waals surface area contributed by atoms with Crippen molar-refractivity contribution in [1.82, 2.24) is 19.3 Å². The van der Waals surface area contributed by atoms with Crippen LogP contribution in [0.4, 0.5) is 10.5 Å². The lowest BCUT2D eigenvalue weighted by molar-refractivity contribution is 0.0193. The molecule has 0 bridgehead atoms. The number of hydrogen-bond acceptors (Lipinski definition) is 7. The second-order valence-electron chi connectivity index (χ2n) is 15.1. The lowest BCUT2D eigenvalue weighted by Gasteiger charge is -2.41. The normalized spacial score (nSPS) is 16.6. The molecule has 11 heteroatoms. The fraction of sp³-hybridized carbons (Fsp3) is 0.304. The molecule has 4 aromatic carbocycles. The zero-order valence-electron chi connectivity index (χ0n) is 32.6. The summed E-state index contributed by atoms with van der Waals surface area (Å²) in [6, 6.07) is 32.4. The van der Waals surface area contributed by atoms with Gasteiger partial charge in [-0.2, -0.15) is 5.26 Å². The van der Waals surface area contributed by atoms with Gasteiger partial charge in [0.1, 0.15) is 5.75 Å². The molecule has 290 valence electrons. The van der Waals surface area contributed by atoms with Crippen LogP contribution in [0.25, 0.3) is 11.3 Å². The third-order valence-corrected chi connectivity index (χ3v) is 11.7. The van der Waals surface area contributed by atoms with Crippen molar-refractivity contribution in [2.24, 2.45) is 7.05 Å². The summed E-state index contributed by atoms with van der Waals surface area (Å²) in [4.78, 5) is 50.6. The van der Waals surface area contributed by atoms with E-state index in [0.717, 1.165) is 65.4 Å². The van der Waals surface area contributed by atoms with E-state index < -0.39 is 6.09 Å². The topological polar surface area (TPSA) is 111 Å². The van der Waals surface area contributed by atoms with Crippen molar-refractivity contribution in [3.63, 3.8) is 0 Å². The van der Waals surface area contributed by atoms with Gasteiger partial charge in [0.05, 0.1) is 30.4 Å². The van der Waals surface area contributed by atoms with E-state index in [9.17, 15) is 14.9 Å². The van der Waals surface area contributed by atoms with Crippen molar-refractivity contribution < 1.29 is 23.9 Å². The van der Waals surface area contributed by atoms with Gasteiger partial charge in [-0.25, -0.2) is 4.79 Å². The Labute approximate surface area is 333 Å². The van der Waals surface area contributed by atoms with Gasteiger partial charge in [-0.1, -0.05) is 48.5 Å². The summed E-state index contributed by atoms with van der Waals surface area (Å²) in [5.74, 6) is 0.0656. The average Bonchev–Trinajstić information content (AvgIpc) is 3.55. The third kappa shape index (κ3) is 7.66. The Balaban J connectivity index is 1.18. The van der Waals surface area contributed by atoms with Crippen LogP contribution in [0.1, 0.15) is 54.2 Å². The molecule has 1 fully saturated rings. The molecule has 0 N–H and O–H groups in total. The molecule has 3 aliphatic heterocycles. The number of benzene rings is 4. The number of carbonyl (C=O) groups is 3. The largest absolute Gasteiger partial charge is 0.415 e. The standard InChI is InChI=1S/C46H46N6O5/c1-31-40(44(53)49(3)37-13-5-4-6-14-37)26-43(48(31)2)41-24-34-16-17-51(46(55)57-39-15-9-10-32(22-39)27-47)28-36(34)25-42(41)45(54)52-29-35-12-8-7-11-33(35)23-38(52)30-50-18-20-56-21-19-50/h4-15,22,24-26,38H,16-21,23,28-30H2,1-3H3/t38-/m0/s1. The van der Waals surface area contributed by atoms with Crippen LogP contribution in [-0.4, -0.2) is 89.7 Å². The molecule has 0 spiro atoms. The fourth-order valence-electron chi connectivity index (χ4n) is 8.30. The number of hydrogen-bond donors (Lipinski definition) is 0. The first kappa shape index (κ1) is 37.7. The van der Waals surface area contributed by atoms with Crippen molar-refractivity contribution in [3.05, 3.63) is 142 Å². The van der Waals surface area contributed by atoms with Gasteiger partial charge in [-0.3, -0.25) is 14.5 Å². The second-order valence-corrected chi connectivity index (χ2v) is 15.1. The monoisotopic (exact) mass is 762 g/mol. The van der Waals surface area contributed by atoms with E-state index in [4.69, 9.17) is 9.47 Å². The van der Waals surface area contributed by atoms with Crippen molar-refractivity contribution in [3.8, 4) is 23.1 Å². The highest BCUT2D eigenvalue weighted by molar-refractivity contribution is 6.08. The van der Waals surface area contributed by atoms with Gasteiger partial charge in [-0.15, -0.1) is 0 Å². The summed E-state index contributed by atoms with van der Waals surface area (Å²) in [7, 11) is 3.71. The smallest absolute Gasteiger partial charge is 0.410 e. The van der Waals surface area contributed by atoms with Crippen molar-refractivity contribution >= 4 is 23.6 Å². The molecular formula is C46H46N6O5. The summed E-state index contributed by atoms with van der Waals surface area (Å²) in [6.07, 6.45) is 0.766. The second kappa shape index (κ2) is 16.1. The van der Waals surface area contributed by atoms with Crippen LogP contribution >= 0.6 is 0 Å². The van der Waals surface area contributed by atoms with Crippen LogP contribution in [0.15, 0.2) is 97.1 Å². The first-order chi connectivity index (χ1) is 27.7. The van der Waals surface area contributed by atoms with Crippen LogP contribution in [0.5, 0.6) is 5.75 Å². The van der Waals surface area contributed by atoms with Crippen LogP contribution in [0, 0.1) is 18.3 Å². The maximum Gasteiger partial charge on any atom is 0.415 e. The molecule has 0 unspecified atom stereocenters. The van der Waals surface area contributed by atoms with Gasteiger partial charge in [0, 0.05) is 87.6 Å². The van der Waals surface area contributed by atoms with Gasteiger partial charge >= 0.3 is 6.09 Å². The van der Waals surface area contributed by atoms with Crippen LogP contribution in [-0.2, 0) is 37.7 Å². The Morgan fingerprint density at radius 3 is 2.37 bits per heavy atom. The average molecular weight is 763 g/mol. The summed E-state index contributed by atoms with van der Waals surface area (Å²) in [5, 5.41) is 9.34. The SMILES string of the molecule is Cc1c(C(=O)N(C)c2ccccc2)cc(-c2cc3c(cc2C(=O)N2Cc4ccccc4C[C@H]2CN2CCOCC2)CN(C(=O)Oc2cccc(C#N)c2)CC3)n1C. The van der Waals surface area contributed by atoms with E-state index in [2.05, 4.69) is 35.2 Å². The number of nitrogens with zero attached hydrogens (tertiary/aromatic N) is 6. The molecule has 1 aromatic heterocycles. The third-order valence-electron chi connectivity index (χ3n) is 11.7. The number of anilines is 1. The minimum absolute atomic E-state index is 0.0724. The van der Waals surface area contributed by atoms with Crippen LogP contribution < -0.4 is 9.64 Å². The molecule has 0 aliphatic carbocycles. The number of carbonyl (C=O) groups excluding carboxylic acids is 3. The number of morpholine rings is 1. The molecule has 1 atom stereocenters. The molecule has 1 saturated heterocycles. The van der Waals surface area contributed by atoms with E-state index in [1.54, 1.807) is 41.1 Å². The summed E-state index contributed by atoms with van der Waals surface area (Å²) >= 11 is 0. The van der Waals surface area contributed by atoms with Gasteiger partial charge in [0.25, 0.3) is 11.8 Å². The van der Waals surface area contributed by atoms with Crippen LogP contribution in [0.2, 0.25) is 0 Å². The Morgan fingerprint density at radius 2 is 1.60 bits per heavy atom. The Morgan fingerprint density at radius 1 is 0.842 bits per heavy atom. The molecule has 0 saturated carbocycles.